The Bertz CT molecular complexity index is 557. The molecule has 0 saturated carbocycles. The van der Waals surface area contributed by atoms with Crippen molar-refractivity contribution in [2.24, 2.45) is 11.8 Å². The molecule has 0 aliphatic carbocycles. The van der Waals surface area contributed by atoms with Crippen LogP contribution in [0.3, 0.4) is 0 Å². The van der Waals surface area contributed by atoms with Crippen molar-refractivity contribution in [2.75, 3.05) is 19.7 Å². The van der Waals surface area contributed by atoms with Crippen LogP contribution in [-0.2, 0) is 0 Å². The SMILES string of the molecule is Cc1cc(C(=O)N2CCC(C(C)C)CC2)sc1C#CCO. The van der Waals surface area contributed by atoms with Crippen molar-refractivity contribution in [3.63, 3.8) is 0 Å². The first-order valence-corrected chi connectivity index (χ1v) is 8.34. The number of carbonyl (C=O) groups is 1. The number of rotatable bonds is 2. The summed E-state index contributed by atoms with van der Waals surface area (Å²) < 4.78 is 0. The second-order valence-electron chi connectivity index (χ2n) is 5.96. The lowest BCUT2D eigenvalue weighted by molar-refractivity contribution is 0.0672. The number of aliphatic hydroxyl groups is 1. The van der Waals surface area contributed by atoms with Crippen molar-refractivity contribution in [1.29, 1.82) is 0 Å². The molecule has 1 amide bonds. The van der Waals surface area contributed by atoms with Gasteiger partial charge in [-0.1, -0.05) is 25.7 Å². The normalized spacial score (nSPS) is 16.0. The van der Waals surface area contributed by atoms with Crippen molar-refractivity contribution < 1.29 is 9.90 Å². The number of amides is 1. The average Bonchev–Trinajstić information content (AvgIpc) is 2.85. The van der Waals surface area contributed by atoms with Gasteiger partial charge in [0.05, 0.1) is 9.75 Å². The second-order valence-corrected chi connectivity index (χ2v) is 7.01. The van der Waals surface area contributed by atoms with Crippen LogP contribution in [0.15, 0.2) is 6.07 Å². The standard InChI is InChI=1S/C17H23NO2S/c1-12(2)14-6-8-18(9-7-14)17(20)16-11-13(3)15(21-16)5-4-10-19/h11-12,14,19H,6-10H2,1-3H3. The molecular weight excluding hydrogens is 282 g/mol. The van der Waals surface area contributed by atoms with Gasteiger partial charge in [-0.2, -0.15) is 0 Å². The first-order chi connectivity index (χ1) is 10.0. The minimum atomic E-state index is -0.149. The van der Waals surface area contributed by atoms with Gasteiger partial charge in [0.1, 0.15) is 6.61 Å². The Kier molecular flexibility index (Phi) is 5.44. The highest BCUT2D eigenvalue weighted by molar-refractivity contribution is 7.14. The highest BCUT2D eigenvalue weighted by atomic mass is 32.1. The van der Waals surface area contributed by atoms with Crippen molar-refractivity contribution >= 4 is 17.2 Å². The van der Waals surface area contributed by atoms with Crippen LogP contribution in [0.25, 0.3) is 0 Å². The number of hydrogen-bond donors (Lipinski definition) is 1. The molecule has 0 unspecified atom stereocenters. The molecule has 114 valence electrons. The molecule has 1 fully saturated rings. The largest absolute Gasteiger partial charge is 0.384 e. The van der Waals surface area contributed by atoms with Gasteiger partial charge in [-0.3, -0.25) is 4.79 Å². The van der Waals surface area contributed by atoms with Crippen LogP contribution in [0.4, 0.5) is 0 Å². The van der Waals surface area contributed by atoms with Crippen LogP contribution < -0.4 is 0 Å². The Hall–Kier alpha value is -1.31. The lowest BCUT2D eigenvalue weighted by atomic mass is 9.87. The Labute approximate surface area is 131 Å². The third kappa shape index (κ3) is 3.87. The van der Waals surface area contributed by atoms with E-state index >= 15 is 0 Å². The van der Waals surface area contributed by atoms with Crippen LogP contribution in [0.5, 0.6) is 0 Å². The van der Waals surface area contributed by atoms with Gasteiger partial charge in [0, 0.05) is 13.1 Å². The fourth-order valence-corrected chi connectivity index (χ4v) is 3.77. The topological polar surface area (TPSA) is 40.5 Å². The minimum absolute atomic E-state index is 0.127. The predicted octanol–water partition coefficient (Wildman–Crippen LogP) is 2.91. The number of nitrogens with zero attached hydrogens (tertiary/aromatic N) is 1. The summed E-state index contributed by atoms with van der Waals surface area (Å²) in [7, 11) is 0. The van der Waals surface area contributed by atoms with Crippen LogP contribution in [0, 0.1) is 30.6 Å². The molecule has 4 heteroatoms. The summed E-state index contributed by atoms with van der Waals surface area (Å²) >= 11 is 1.43. The Morgan fingerprint density at radius 1 is 1.48 bits per heavy atom. The number of hydrogen-bond acceptors (Lipinski definition) is 3. The second kappa shape index (κ2) is 7.11. The Morgan fingerprint density at radius 2 is 2.14 bits per heavy atom. The van der Waals surface area contributed by atoms with Crippen molar-refractivity contribution in [2.45, 2.75) is 33.6 Å². The number of carbonyl (C=O) groups excluding carboxylic acids is 1. The third-order valence-electron chi connectivity index (χ3n) is 4.18. The molecule has 0 spiro atoms. The minimum Gasteiger partial charge on any atom is -0.384 e. The summed E-state index contributed by atoms with van der Waals surface area (Å²) in [6.45, 7) is 8.04. The highest BCUT2D eigenvalue weighted by Gasteiger charge is 2.26. The van der Waals surface area contributed by atoms with Crippen molar-refractivity contribution in [3.8, 4) is 11.8 Å². The van der Waals surface area contributed by atoms with Crippen molar-refractivity contribution in [3.05, 3.63) is 21.4 Å². The maximum atomic E-state index is 12.6. The molecule has 21 heavy (non-hydrogen) atoms. The van der Waals surface area contributed by atoms with Gasteiger partial charge in [-0.25, -0.2) is 0 Å². The zero-order chi connectivity index (χ0) is 15.4. The molecule has 1 aliphatic heterocycles. The maximum Gasteiger partial charge on any atom is 0.263 e. The summed E-state index contributed by atoms with van der Waals surface area (Å²) in [4.78, 5) is 16.2. The number of aliphatic hydroxyl groups excluding tert-OH is 1. The van der Waals surface area contributed by atoms with E-state index in [1.54, 1.807) is 0 Å². The summed E-state index contributed by atoms with van der Waals surface area (Å²) in [6, 6.07) is 1.92. The van der Waals surface area contributed by atoms with E-state index in [0.717, 1.165) is 47.2 Å². The molecule has 2 heterocycles. The van der Waals surface area contributed by atoms with E-state index in [1.807, 2.05) is 17.9 Å². The molecule has 0 radical (unpaired) electrons. The van der Waals surface area contributed by atoms with Crippen LogP contribution in [0.2, 0.25) is 0 Å². The molecule has 1 aromatic heterocycles. The van der Waals surface area contributed by atoms with Crippen LogP contribution in [0.1, 0.15) is 46.8 Å². The molecule has 0 atom stereocenters. The first-order valence-electron chi connectivity index (χ1n) is 7.52. The van der Waals surface area contributed by atoms with E-state index in [2.05, 4.69) is 25.7 Å². The van der Waals surface area contributed by atoms with E-state index in [4.69, 9.17) is 5.11 Å². The van der Waals surface area contributed by atoms with E-state index in [0.29, 0.717) is 5.92 Å². The van der Waals surface area contributed by atoms with Gasteiger partial charge in [0.25, 0.3) is 5.91 Å². The van der Waals surface area contributed by atoms with Gasteiger partial charge in [-0.15, -0.1) is 11.3 Å². The molecule has 1 aliphatic rings. The number of aryl methyl sites for hydroxylation is 1. The maximum absolute atomic E-state index is 12.6. The molecule has 1 N–H and O–H groups in total. The zero-order valence-electron chi connectivity index (χ0n) is 13.0. The summed E-state index contributed by atoms with van der Waals surface area (Å²) in [6.07, 6.45) is 2.20. The Balaban J connectivity index is 2.04. The monoisotopic (exact) mass is 305 g/mol. The quantitative estimate of drug-likeness (QED) is 0.854. The zero-order valence-corrected chi connectivity index (χ0v) is 13.8. The summed E-state index contributed by atoms with van der Waals surface area (Å²) in [5, 5.41) is 8.76. The number of thiophene rings is 1. The van der Waals surface area contributed by atoms with E-state index in [1.165, 1.54) is 11.3 Å². The lowest BCUT2D eigenvalue weighted by Crippen LogP contribution is -2.39. The number of piperidine rings is 1. The fraction of sp³-hybridized carbons (Fsp3) is 0.588. The van der Waals surface area contributed by atoms with Gasteiger partial charge in [0.15, 0.2) is 0 Å². The van der Waals surface area contributed by atoms with E-state index in [9.17, 15) is 4.79 Å². The Morgan fingerprint density at radius 3 is 2.71 bits per heavy atom. The molecule has 2 rings (SSSR count). The third-order valence-corrected chi connectivity index (χ3v) is 5.32. The molecule has 1 aromatic rings. The van der Waals surface area contributed by atoms with Gasteiger partial charge in [-0.05, 0) is 43.2 Å². The predicted molar refractivity (Wildman–Crippen MR) is 86.5 cm³/mol. The van der Waals surface area contributed by atoms with Crippen LogP contribution >= 0.6 is 11.3 Å². The summed E-state index contributed by atoms with van der Waals surface area (Å²) in [5.41, 5.74) is 1.02. The molecule has 3 nitrogen and oxygen atoms in total. The van der Waals surface area contributed by atoms with Gasteiger partial charge < -0.3 is 10.0 Å². The van der Waals surface area contributed by atoms with Crippen molar-refractivity contribution in [1.82, 2.24) is 4.90 Å². The van der Waals surface area contributed by atoms with E-state index < -0.39 is 0 Å². The molecule has 0 bridgehead atoms. The summed E-state index contributed by atoms with van der Waals surface area (Å²) in [5.74, 6) is 7.13. The fourth-order valence-electron chi connectivity index (χ4n) is 2.76. The van der Waals surface area contributed by atoms with Crippen LogP contribution in [-0.4, -0.2) is 35.6 Å². The molecule has 0 aromatic carbocycles. The van der Waals surface area contributed by atoms with Gasteiger partial charge >= 0.3 is 0 Å². The van der Waals surface area contributed by atoms with Gasteiger partial charge in [0.2, 0.25) is 0 Å². The van der Waals surface area contributed by atoms with E-state index in [-0.39, 0.29) is 12.5 Å². The number of likely N-dealkylation sites (tertiary alicyclic amines) is 1. The molecule has 1 saturated heterocycles. The smallest absolute Gasteiger partial charge is 0.263 e. The molecular formula is C17H23NO2S. The lowest BCUT2D eigenvalue weighted by Gasteiger charge is -2.33. The average molecular weight is 305 g/mol. The highest BCUT2D eigenvalue weighted by Crippen LogP contribution is 2.27. The first kappa shape index (κ1) is 16.1.